The highest BCUT2D eigenvalue weighted by molar-refractivity contribution is 5.42. The van der Waals surface area contributed by atoms with Gasteiger partial charge in [0.15, 0.2) is 11.5 Å². The maximum absolute atomic E-state index is 5.36. The zero-order valence-electron chi connectivity index (χ0n) is 13.6. The zero-order chi connectivity index (χ0) is 15.8. The molecule has 2 rings (SSSR count). The Morgan fingerprint density at radius 3 is 2.32 bits per heavy atom. The molecule has 22 heavy (non-hydrogen) atoms. The van der Waals surface area contributed by atoms with Gasteiger partial charge in [-0.25, -0.2) is 0 Å². The highest BCUT2D eigenvalue weighted by atomic mass is 16.5. The third-order valence-corrected chi connectivity index (χ3v) is 3.78. The van der Waals surface area contributed by atoms with Crippen molar-refractivity contribution in [3.05, 3.63) is 59.7 Å². The van der Waals surface area contributed by atoms with Crippen LogP contribution in [0.3, 0.4) is 0 Å². The fourth-order valence-electron chi connectivity index (χ4n) is 2.59. The first kappa shape index (κ1) is 16.4. The number of nitrogens with one attached hydrogen (secondary N) is 1. The molecule has 0 aliphatic heterocycles. The maximum Gasteiger partial charge on any atom is 0.161 e. The van der Waals surface area contributed by atoms with Crippen molar-refractivity contribution < 1.29 is 9.47 Å². The zero-order valence-corrected chi connectivity index (χ0v) is 13.6. The summed E-state index contributed by atoms with van der Waals surface area (Å²) in [5, 5.41) is 3.65. The summed E-state index contributed by atoms with van der Waals surface area (Å²) in [4.78, 5) is 0. The molecule has 0 aromatic heterocycles. The molecule has 2 aromatic carbocycles. The van der Waals surface area contributed by atoms with E-state index in [4.69, 9.17) is 9.47 Å². The predicted molar refractivity (Wildman–Crippen MR) is 90.5 cm³/mol. The third-order valence-electron chi connectivity index (χ3n) is 3.78. The Labute approximate surface area is 133 Å². The fraction of sp³-hybridized carbons (Fsp3) is 0.368. The normalized spacial score (nSPS) is 12.0. The highest BCUT2D eigenvalue weighted by Crippen LogP contribution is 2.28. The first-order valence-corrected chi connectivity index (χ1v) is 7.77. The monoisotopic (exact) mass is 299 g/mol. The number of hydrogen-bond donors (Lipinski definition) is 1. The van der Waals surface area contributed by atoms with Crippen LogP contribution in [0, 0.1) is 0 Å². The van der Waals surface area contributed by atoms with Crippen LogP contribution >= 0.6 is 0 Å². The molecule has 1 unspecified atom stereocenters. The lowest BCUT2D eigenvalue weighted by molar-refractivity contribution is 0.354. The lowest BCUT2D eigenvalue weighted by Gasteiger charge is -2.19. The van der Waals surface area contributed by atoms with Crippen LogP contribution in [-0.2, 0) is 6.54 Å². The third kappa shape index (κ3) is 4.25. The van der Waals surface area contributed by atoms with Crippen molar-refractivity contribution >= 4 is 0 Å². The largest absolute Gasteiger partial charge is 0.493 e. The fourth-order valence-corrected chi connectivity index (χ4v) is 2.59. The van der Waals surface area contributed by atoms with Gasteiger partial charge in [-0.05, 0) is 29.7 Å². The van der Waals surface area contributed by atoms with Crippen LogP contribution in [0.2, 0.25) is 0 Å². The SMILES string of the molecule is CCCC(NCc1ccc(OC)c(OC)c1)c1ccccc1. The van der Waals surface area contributed by atoms with Gasteiger partial charge in [-0.1, -0.05) is 49.7 Å². The lowest BCUT2D eigenvalue weighted by atomic mass is 10.0. The van der Waals surface area contributed by atoms with Gasteiger partial charge in [0.1, 0.15) is 0 Å². The van der Waals surface area contributed by atoms with E-state index in [1.807, 2.05) is 12.1 Å². The summed E-state index contributed by atoms with van der Waals surface area (Å²) in [5.41, 5.74) is 2.53. The Kier molecular flexibility index (Phi) is 6.28. The summed E-state index contributed by atoms with van der Waals surface area (Å²) in [5.74, 6) is 1.54. The molecule has 0 aliphatic rings. The van der Waals surface area contributed by atoms with Gasteiger partial charge in [0.05, 0.1) is 14.2 Å². The molecule has 0 saturated carbocycles. The molecule has 1 N–H and O–H groups in total. The molecular formula is C19H25NO2. The van der Waals surface area contributed by atoms with Gasteiger partial charge in [0.25, 0.3) is 0 Å². The van der Waals surface area contributed by atoms with E-state index in [2.05, 4.69) is 48.6 Å². The smallest absolute Gasteiger partial charge is 0.161 e. The predicted octanol–water partition coefficient (Wildman–Crippen LogP) is 4.33. The molecule has 0 bridgehead atoms. The molecule has 0 heterocycles. The van der Waals surface area contributed by atoms with Crippen LogP contribution in [-0.4, -0.2) is 14.2 Å². The van der Waals surface area contributed by atoms with Crippen molar-refractivity contribution in [2.24, 2.45) is 0 Å². The highest BCUT2D eigenvalue weighted by Gasteiger charge is 2.10. The van der Waals surface area contributed by atoms with Crippen molar-refractivity contribution in [2.45, 2.75) is 32.4 Å². The summed E-state index contributed by atoms with van der Waals surface area (Å²) in [7, 11) is 3.32. The van der Waals surface area contributed by atoms with Crippen LogP contribution < -0.4 is 14.8 Å². The number of ether oxygens (including phenoxy) is 2. The molecule has 1 atom stereocenters. The number of rotatable bonds is 8. The van der Waals surface area contributed by atoms with E-state index in [0.717, 1.165) is 30.9 Å². The Bertz CT molecular complexity index is 569. The average Bonchev–Trinajstić information content (AvgIpc) is 2.59. The van der Waals surface area contributed by atoms with E-state index in [1.165, 1.54) is 11.1 Å². The minimum Gasteiger partial charge on any atom is -0.493 e. The van der Waals surface area contributed by atoms with Crippen LogP contribution in [0.1, 0.15) is 36.9 Å². The first-order chi connectivity index (χ1) is 10.8. The Balaban J connectivity index is 2.06. The van der Waals surface area contributed by atoms with Gasteiger partial charge >= 0.3 is 0 Å². The van der Waals surface area contributed by atoms with Gasteiger partial charge in [0, 0.05) is 12.6 Å². The van der Waals surface area contributed by atoms with Gasteiger partial charge in [0.2, 0.25) is 0 Å². The van der Waals surface area contributed by atoms with Gasteiger partial charge in [-0.15, -0.1) is 0 Å². The van der Waals surface area contributed by atoms with Crippen LogP contribution in [0.4, 0.5) is 0 Å². The quantitative estimate of drug-likeness (QED) is 0.786. The van der Waals surface area contributed by atoms with Crippen LogP contribution in [0.5, 0.6) is 11.5 Å². The lowest BCUT2D eigenvalue weighted by Crippen LogP contribution is -2.20. The second-order valence-electron chi connectivity index (χ2n) is 5.32. The number of methoxy groups -OCH3 is 2. The summed E-state index contributed by atoms with van der Waals surface area (Å²) in [6, 6.07) is 17.0. The molecule has 118 valence electrons. The van der Waals surface area contributed by atoms with E-state index in [9.17, 15) is 0 Å². The van der Waals surface area contributed by atoms with Crippen molar-refractivity contribution in [3.63, 3.8) is 0 Å². The molecule has 0 saturated heterocycles. The molecular weight excluding hydrogens is 274 g/mol. The molecule has 2 aromatic rings. The summed E-state index contributed by atoms with van der Waals surface area (Å²) >= 11 is 0. The molecule has 0 fully saturated rings. The molecule has 0 spiro atoms. The molecule has 3 nitrogen and oxygen atoms in total. The summed E-state index contributed by atoms with van der Waals surface area (Å²) < 4.78 is 10.6. The topological polar surface area (TPSA) is 30.5 Å². The van der Waals surface area contributed by atoms with E-state index >= 15 is 0 Å². The molecule has 0 radical (unpaired) electrons. The molecule has 3 heteroatoms. The van der Waals surface area contributed by atoms with Crippen molar-refractivity contribution in [2.75, 3.05) is 14.2 Å². The number of hydrogen-bond acceptors (Lipinski definition) is 3. The maximum atomic E-state index is 5.36. The average molecular weight is 299 g/mol. The minimum atomic E-state index is 0.374. The summed E-state index contributed by atoms with van der Waals surface area (Å²) in [6.45, 7) is 3.02. The minimum absolute atomic E-state index is 0.374. The van der Waals surface area contributed by atoms with E-state index in [0.29, 0.717) is 6.04 Å². The number of benzene rings is 2. The second kappa shape index (κ2) is 8.44. The van der Waals surface area contributed by atoms with E-state index < -0.39 is 0 Å². The van der Waals surface area contributed by atoms with Gasteiger partial charge in [-0.2, -0.15) is 0 Å². The Morgan fingerprint density at radius 2 is 1.68 bits per heavy atom. The van der Waals surface area contributed by atoms with Gasteiger partial charge in [-0.3, -0.25) is 0 Å². The van der Waals surface area contributed by atoms with Crippen molar-refractivity contribution in [3.8, 4) is 11.5 Å². The Morgan fingerprint density at radius 1 is 0.955 bits per heavy atom. The molecule has 0 aliphatic carbocycles. The van der Waals surface area contributed by atoms with E-state index in [-0.39, 0.29) is 0 Å². The first-order valence-electron chi connectivity index (χ1n) is 7.77. The standard InChI is InChI=1S/C19H25NO2/c1-4-8-17(16-9-6-5-7-10-16)20-14-15-11-12-18(21-2)19(13-15)22-3/h5-7,9-13,17,20H,4,8,14H2,1-3H3. The van der Waals surface area contributed by atoms with Crippen molar-refractivity contribution in [1.82, 2.24) is 5.32 Å². The Hall–Kier alpha value is -2.00. The van der Waals surface area contributed by atoms with Crippen molar-refractivity contribution in [1.29, 1.82) is 0 Å². The van der Waals surface area contributed by atoms with Gasteiger partial charge < -0.3 is 14.8 Å². The van der Waals surface area contributed by atoms with Crippen LogP contribution in [0.15, 0.2) is 48.5 Å². The second-order valence-corrected chi connectivity index (χ2v) is 5.32. The van der Waals surface area contributed by atoms with E-state index in [1.54, 1.807) is 14.2 Å². The van der Waals surface area contributed by atoms with Crippen LogP contribution in [0.25, 0.3) is 0 Å². The summed E-state index contributed by atoms with van der Waals surface area (Å²) in [6.07, 6.45) is 2.27. The molecule has 0 amide bonds.